The van der Waals surface area contributed by atoms with Crippen LogP contribution in [0, 0.1) is 5.82 Å². The van der Waals surface area contributed by atoms with Crippen LogP contribution < -0.4 is 4.74 Å². The first-order chi connectivity index (χ1) is 9.02. The van der Waals surface area contributed by atoms with Gasteiger partial charge in [-0.25, -0.2) is 14.2 Å². The number of phenols is 1. The van der Waals surface area contributed by atoms with Gasteiger partial charge in [0.2, 0.25) is 5.88 Å². The van der Waals surface area contributed by atoms with E-state index in [9.17, 15) is 14.3 Å². The first-order valence-electron chi connectivity index (χ1n) is 5.30. The minimum absolute atomic E-state index is 0.0180. The molecule has 0 atom stereocenters. The van der Waals surface area contributed by atoms with E-state index in [0.29, 0.717) is 10.9 Å². The van der Waals surface area contributed by atoms with E-state index in [-0.39, 0.29) is 11.4 Å². The summed E-state index contributed by atoms with van der Waals surface area (Å²) in [6, 6.07) is 4.16. The molecule has 0 aliphatic heterocycles. The number of hydrogen-bond acceptors (Lipinski definition) is 4. The lowest BCUT2D eigenvalue weighted by Crippen LogP contribution is -1.92. The van der Waals surface area contributed by atoms with Crippen molar-refractivity contribution in [3.63, 3.8) is 0 Å². The number of benzene rings is 1. The summed E-state index contributed by atoms with van der Waals surface area (Å²) in [5.41, 5.74) is 0.326. The Hall–Kier alpha value is -2.63. The first kappa shape index (κ1) is 12.8. The number of rotatable bonds is 3. The van der Waals surface area contributed by atoms with Crippen molar-refractivity contribution in [2.24, 2.45) is 0 Å². The Kier molecular flexibility index (Phi) is 3.33. The van der Waals surface area contributed by atoms with E-state index in [2.05, 4.69) is 4.98 Å². The monoisotopic (exact) mass is 263 g/mol. The van der Waals surface area contributed by atoms with Gasteiger partial charge < -0.3 is 14.9 Å². The van der Waals surface area contributed by atoms with Crippen molar-refractivity contribution >= 4 is 22.9 Å². The smallest absolute Gasteiger partial charge is 0.328 e. The number of methoxy groups -OCH3 is 1. The molecule has 0 bridgehead atoms. The summed E-state index contributed by atoms with van der Waals surface area (Å²) in [5.74, 6) is -2.40. The molecule has 0 fully saturated rings. The molecule has 0 radical (unpaired) electrons. The first-order valence-corrected chi connectivity index (χ1v) is 5.30. The number of pyridine rings is 1. The fourth-order valence-electron chi connectivity index (χ4n) is 1.66. The van der Waals surface area contributed by atoms with Crippen LogP contribution in [0.5, 0.6) is 11.6 Å². The van der Waals surface area contributed by atoms with Gasteiger partial charge in [-0.2, -0.15) is 0 Å². The number of carboxylic acids is 1. The molecule has 5 nitrogen and oxygen atoms in total. The van der Waals surface area contributed by atoms with Crippen molar-refractivity contribution < 1.29 is 24.1 Å². The Balaban J connectivity index is 2.72. The summed E-state index contributed by atoms with van der Waals surface area (Å²) in [4.78, 5) is 14.4. The Morgan fingerprint density at radius 2 is 2.21 bits per heavy atom. The zero-order valence-electron chi connectivity index (χ0n) is 9.92. The van der Waals surface area contributed by atoms with Gasteiger partial charge in [0, 0.05) is 17.5 Å². The van der Waals surface area contributed by atoms with E-state index in [4.69, 9.17) is 9.84 Å². The molecular formula is C13H10FNO4. The zero-order chi connectivity index (χ0) is 14.0. The van der Waals surface area contributed by atoms with Gasteiger partial charge in [-0.3, -0.25) is 0 Å². The van der Waals surface area contributed by atoms with Gasteiger partial charge in [0.25, 0.3) is 0 Å². The molecule has 0 saturated carbocycles. The van der Waals surface area contributed by atoms with Gasteiger partial charge in [0.15, 0.2) is 11.6 Å². The molecular weight excluding hydrogens is 253 g/mol. The molecule has 6 heteroatoms. The third-order valence-corrected chi connectivity index (χ3v) is 2.53. The van der Waals surface area contributed by atoms with Crippen LogP contribution in [-0.4, -0.2) is 28.3 Å². The largest absolute Gasteiger partial charge is 0.503 e. The molecule has 0 unspecified atom stereocenters. The summed E-state index contributed by atoms with van der Waals surface area (Å²) in [6.45, 7) is 0. The van der Waals surface area contributed by atoms with Crippen molar-refractivity contribution in [2.75, 3.05) is 7.11 Å². The predicted octanol–water partition coefficient (Wildman–Crippen LogP) is 2.19. The standard InChI is InChI=1S/C13H10FNO4/c1-19-10-4-3-8-7(2-5-11(16)17)6-9(14)13(18)12(8)15-10/h2-6,18H,1H3,(H,16,17). The number of carbonyl (C=O) groups is 1. The summed E-state index contributed by atoms with van der Waals surface area (Å²) >= 11 is 0. The molecule has 19 heavy (non-hydrogen) atoms. The SMILES string of the molecule is COc1ccc2c(C=CC(=O)O)cc(F)c(O)c2n1. The second-order valence-corrected chi connectivity index (χ2v) is 3.72. The van der Waals surface area contributed by atoms with Crippen LogP contribution in [0.25, 0.3) is 17.0 Å². The van der Waals surface area contributed by atoms with Crippen LogP contribution in [0.4, 0.5) is 4.39 Å². The third-order valence-electron chi connectivity index (χ3n) is 2.53. The Bertz CT molecular complexity index is 682. The average molecular weight is 263 g/mol. The predicted molar refractivity (Wildman–Crippen MR) is 66.6 cm³/mol. The van der Waals surface area contributed by atoms with Crippen molar-refractivity contribution in [3.8, 4) is 11.6 Å². The second kappa shape index (κ2) is 4.93. The lowest BCUT2D eigenvalue weighted by Gasteiger charge is -2.07. The van der Waals surface area contributed by atoms with E-state index < -0.39 is 17.5 Å². The maximum atomic E-state index is 13.6. The van der Waals surface area contributed by atoms with Crippen molar-refractivity contribution in [1.29, 1.82) is 0 Å². The molecule has 2 aromatic rings. The van der Waals surface area contributed by atoms with Crippen LogP contribution in [-0.2, 0) is 4.79 Å². The highest BCUT2D eigenvalue weighted by molar-refractivity contribution is 5.95. The maximum Gasteiger partial charge on any atom is 0.328 e. The van der Waals surface area contributed by atoms with Crippen LogP contribution in [0.1, 0.15) is 5.56 Å². The lowest BCUT2D eigenvalue weighted by atomic mass is 10.1. The quantitative estimate of drug-likeness (QED) is 0.830. The van der Waals surface area contributed by atoms with Crippen LogP contribution in [0.15, 0.2) is 24.3 Å². The molecule has 98 valence electrons. The molecule has 2 N–H and O–H groups in total. The molecule has 2 rings (SSSR count). The van der Waals surface area contributed by atoms with Crippen LogP contribution in [0.2, 0.25) is 0 Å². The number of hydrogen-bond donors (Lipinski definition) is 2. The fourth-order valence-corrected chi connectivity index (χ4v) is 1.66. The van der Waals surface area contributed by atoms with Crippen molar-refractivity contribution in [3.05, 3.63) is 35.7 Å². The molecule has 1 aromatic heterocycles. The Labute approximate surface area is 107 Å². The maximum absolute atomic E-state index is 13.6. The number of phenolic OH excluding ortho intramolecular Hbond substituents is 1. The third kappa shape index (κ3) is 2.47. The summed E-state index contributed by atoms with van der Waals surface area (Å²) in [7, 11) is 1.40. The van der Waals surface area contributed by atoms with Gasteiger partial charge in [0.1, 0.15) is 5.52 Å². The van der Waals surface area contributed by atoms with Crippen LogP contribution in [0.3, 0.4) is 0 Å². The van der Waals surface area contributed by atoms with Gasteiger partial charge in [-0.15, -0.1) is 0 Å². The van der Waals surface area contributed by atoms with E-state index in [1.807, 2.05) is 0 Å². The molecule has 1 aromatic carbocycles. The topological polar surface area (TPSA) is 79.7 Å². The van der Waals surface area contributed by atoms with E-state index in [0.717, 1.165) is 12.1 Å². The molecule has 0 amide bonds. The second-order valence-electron chi connectivity index (χ2n) is 3.72. The van der Waals surface area contributed by atoms with Crippen LogP contribution >= 0.6 is 0 Å². The number of aromatic nitrogens is 1. The molecule has 0 saturated heterocycles. The highest BCUT2D eigenvalue weighted by atomic mass is 19.1. The minimum Gasteiger partial charge on any atom is -0.503 e. The van der Waals surface area contributed by atoms with E-state index in [1.165, 1.54) is 19.3 Å². The molecule has 0 aliphatic rings. The number of fused-ring (bicyclic) bond motifs is 1. The zero-order valence-corrected chi connectivity index (χ0v) is 9.92. The number of halogens is 1. The fraction of sp³-hybridized carbons (Fsp3) is 0.0769. The highest BCUT2D eigenvalue weighted by Crippen LogP contribution is 2.31. The molecule has 1 heterocycles. The summed E-state index contributed by atoms with van der Waals surface area (Å²) in [6.07, 6.45) is 2.12. The van der Waals surface area contributed by atoms with Crippen molar-refractivity contribution in [1.82, 2.24) is 4.98 Å². The average Bonchev–Trinajstić information content (AvgIpc) is 2.40. The van der Waals surface area contributed by atoms with Crippen molar-refractivity contribution in [2.45, 2.75) is 0 Å². The summed E-state index contributed by atoms with van der Waals surface area (Å²) < 4.78 is 18.5. The number of nitrogens with zero attached hydrogens (tertiary/aromatic N) is 1. The molecule has 0 aliphatic carbocycles. The van der Waals surface area contributed by atoms with Gasteiger partial charge in [-0.05, 0) is 23.8 Å². The lowest BCUT2D eigenvalue weighted by molar-refractivity contribution is -0.131. The number of carboxylic acid groups (broad SMARTS) is 1. The summed E-state index contributed by atoms with van der Waals surface area (Å²) in [5, 5.41) is 18.7. The molecule has 0 spiro atoms. The Morgan fingerprint density at radius 1 is 1.47 bits per heavy atom. The number of aromatic hydroxyl groups is 1. The Morgan fingerprint density at radius 3 is 2.84 bits per heavy atom. The normalized spacial score (nSPS) is 11.1. The number of ether oxygens (including phenoxy) is 1. The van der Waals surface area contributed by atoms with Gasteiger partial charge >= 0.3 is 5.97 Å². The number of aliphatic carboxylic acids is 1. The van der Waals surface area contributed by atoms with Gasteiger partial charge in [-0.1, -0.05) is 0 Å². The minimum atomic E-state index is -1.15. The van der Waals surface area contributed by atoms with E-state index >= 15 is 0 Å². The highest BCUT2D eigenvalue weighted by Gasteiger charge is 2.12. The van der Waals surface area contributed by atoms with Gasteiger partial charge in [0.05, 0.1) is 7.11 Å². The van der Waals surface area contributed by atoms with E-state index in [1.54, 1.807) is 6.07 Å².